The Hall–Kier alpha value is -1.75. The molecule has 0 aromatic heterocycles. The number of hydrogen-bond acceptors (Lipinski definition) is 1. The topological polar surface area (TPSA) is 3.24 Å². The first-order valence-electron chi connectivity index (χ1n) is 5.48. The van der Waals surface area contributed by atoms with E-state index >= 15 is 0 Å². The Morgan fingerprint density at radius 2 is 2.31 bits per heavy atom. The highest BCUT2D eigenvalue weighted by Crippen LogP contribution is 2.33. The van der Waals surface area contributed by atoms with Gasteiger partial charge < -0.3 is 0 Å². The molecule has 2 heteroatoms. The molecule has 0 bridgehead atoms. The smallest absolute Gasteiger partial charge is 0.128 e. The highest BCUT2D eigenvalue weighted by molar-refractivity contribution is 5.72. The van der Waals surface area contributed by atoms with Gasteiger partial charge in [0.15, 0.2) is 0 Å². The van der Waals surface area contributed by atoms with Crippen LogP contribution < -0.4 is 0 Å². The third kappa shape index (κ3) is 1.69. The summed E-state index contributed by atoms with van der Waals surface area (Å²) in [6.45, 7) is 4.51. The van der Waals surface area contributed by atoms with Gasteiger partial charge in [0.05, 0.1) is 12.2 Å². The minimum Gasteiger partial charge on any atom is -0.297 e. The van der Waals surface area contributed by atoms with Gasteiger partial charge in [-0.3, -0.25) is 4.90 Å². The first kappa shape index (κ1) is 10.8. The average molecular weight is 215 g/mol. The second-order valence-electron chi connectivity index (χ2n) is 3.67. The summed E-state index contributed by atoms with van der Waals surface area (Å²) >= 11 is 0. The van der Waals surface area contributed by atoms with E-state index in [9.17, 15) is 4.39 Å². The van der Waals surface area contributed by atoms with Crippen LogP contribution in [0.3, 0.4) is 0 Å². The third-order valence-electron chi connectivity index (χ3n) is 2.67. The molecular formula is C14H14FN. The molecule has 0 saturated heterocycles. The lowest BCUT2D eigenvalue weighted by Gasteiger charge is -2.10. The molecule has 2 rings (SSSR count). The van der Waals surface area contributed by atoms with E-state index in [0.29, 0.717) is 6.54 Å². The molecule has 0 fully saturated rings. The summed E-state index contributed by atoms with van der Waals surface area (Å²) < 4.78 is 13.6. The van der Waals surface area contributed by atoms with Gasteiger partial charge in [0, 0.05) is 23.6 Å². The summed E-state index contributed by atoms with van der Waals surface area (Å²) in [7, 11) is 0. The van der Waals surface area contributed by atoms with Gasteiger partial charge in [0.2, 0.25) is 0 Å². The van der Waals surface area contributed by atoms with Gasteiger partial charge in [-0.25, -0.2) is 4.39 Å². The molecule has 0 radical (unpaired) electrons. The molecule has 0 aliphatic carbocycles. The zero-order valence-electron chi connectivity index (χ0n) is 9.55. The molecule has 0 unspecified atom stereocenters. The van der Waals surface area contributed by atoms with Crippen LogP contribution in [0, 0.1) is 17.8 Å². The predicted octanol–water partition coefficient (Wildman–Crippen LogP) is 3.37. The second-order valence-corrected chi connectivity index (χ2v) is 3.67. The number of rotatable bonds is 0. The Bertz CT molecular complexity index is 491. The summed E-state index contributed by atoms with van der Waals surface area (Å²) in [6.07, 6.45) is 2.79. The van der Waals surface area contributed by atoms with E-state index in [1.54, 1.807) is 6.07 Å². The van der Waals surface area contributed by atoms with E-state index in [0.717, 1.165) is 23.2 Å². The fourth-order valence-corrected chi connectivity index (χ4v) is 1.93. The van der Waals surface area contributed by atoms with E-state index in [1.807, 2.05) is 30.9 Å². The fourth-order valence-electron chi connectivity index (χ4n) is 1.93. The summed E-state index contributed by atoms with van der Waals surface area (Å²) in [5.74, 6) is 2.88. The van der Waals surface area contributed by atoms with Crippen molar-refractivity contribution in [2.45, 2.75) is 26.8 Å². The van der Waals surface area contributed by atoms with Crippen LogP contribution in [0.5, 0.6) is 0 Å². The highest BCUT2D eigenvalue weighted by Gasteiger charge is 2.24. The van der Waals surface area contributed by atoms with Crippen LogP contribution in [0.1, 0.15) is 31.4 Å². The molecule has 16 heavy (non-hydrogen) atoms. The van der Waals surface area contributed by atoms with E-state index in [-0.39, 0.29) is 5.82 Å². The van der Waals surface area contributed by atoms with Crippen molar-refractivity contribution >= 4 is 5.70 Å². The quantitative estimate of drug-likeness (QED) is 0.600. The molecule has 82 valence electrons. The Balaban J connectivity index is 2.44. The summed E-state index contributed by atoms with van der Waals surface area (Å²) in [4.78, 5) is 1.91. The molecule has 0 spiro atoms. The lowest BCUT2D eigenvalue weighted by atomic mass is 10.1. The monoisotopic (exact) mass is 215 g/mol. The number of hydrogen-bond donors (Lipinski definition) is 0. The molecule has 1 aliphatic heterocycles. The zero-order valence-corrected chi connectivity index (χ0v) is 9.55. The van der Waals surface area contributed by atoms with Gasteiger partial charge in [-0.2, -0.15) is 0 Å². The lowest BCUT2D eigenvalue weighted by molar-refractivity contribution is 0.548. The Morgan fingerprint density at radius 1 is 1.50 bits per heavy atom. The maximum absolute atomic E-state index is 13.6. The van der Waals surface area contributed by atoms with Gasteiger partial charge in [-0.1, -0.05) is 31.1 Å². The average Bonchev–Trinajstić information content (AvgIpc) is 2.65. The molecule has 1 aliphatic rings. The van der Waals surface area contributed by atoms with Crippen LogP contribution in [-0.2, 0) is 6.54 Å². The van der Waals surface area contributed by atoms with Crippen molar-refractivity contribution in [1.29, 1.82) is 0 Å². The van der Waals surface area contributed by atoms with Crippen molar-refractivity contribution in [2.75, 3.05) is 0 Å². The number of nitrogens with zero attached hydrogens (tertiary/aromatic N) is 1. The lowest BCUT2D eigenvalue weighted by Crippen LogP contribution is -2.07. The molecule has 1 aromatic rings. The van der Waals surface area contributed by atoms with Crippen LogP contribution in [-0.4, -0.2) is 4.90 Å². The number of benzene rings is 1. The fraction of sp³-hybridized carbons (Fsp3) is 0.286. The highest BCUT2D eigenvalue weighted by atomic mass is 19.1. The van der Waals surface area contributed by atoms with Crippen molar-refractivity contribution in [1.82, 2.24) is 4.90 Å². The van der Waals surface area contributed by atoms with Crippen LogP contribution in [0.15, 0.2) is 24.3 Å². The van der Waals surface area contributed by atoms with Crippen molar-refractivity contribution in [2.24, 2.45) is 0 Å². The number of allylic oxidation sites excluding steroid dienone is 1. The van der Waals surface area contributed by atoms with E-state index in [4.69, 9.17) is 0 Å². The van der Waals surface area contributed by atoms with Crippen LogP contribution >= 0.6 is 0 Å². The molecular weight excluding hydrogens is 201 g/mol. The summed E-state index contributed by atoms with van der Waals surface area (Å²) in [6, 6.07) is 8.25. The Labute approximate surface area is 95.6 Å². The van der Waals surface area contributed by atoms with Gasteiger partial charge in [-0.05, 0) is 13.0 Å². The van der Waals surface area contributed by atoms with Gasteiger partial charge in [0.1, 0.15) is 5.82 Å². The predicted molar refractivity (Wildman–Crippen MR) is 63.7 cm³/mol. The van der Waals surface area contributed by atoms with E-state index in [2.05, 4.69) is 12.0 Å². The van der Waals surface area contributed by atoms with Gasteiger partial charge >= 0.3 is 0 Å². The molecule has 0 N–H and O–H groups in total. The molecule has 1 aromatic carbocycles. The minimum atomic E-state index is -0.141. The van der Waals surface area contributed by atoms with Crippen molar-refractivity contribution in [3.05, 3.63) is 41.2 Å². The first-order chi connectivity index (χ1) is 7.77. The maximum atomic E-state index is 13.6. The maximum Gasteiger partial charge on any atom is 0.128 e. The summed E-state index contributed by atoms with van der Waals surface area (Å²) in [5.41, 5.74) is 2.73. The van der Waals surface area contributed by atoms with Crippen molar-refractivity contribution < 1.29 is 4.39 Å². The minimum absolute atomic E-state index is 0.141. The molecule has 1 heterocycles. The van der Waals surface area contributed by atoms with E-state index < -0.39 is 0 Å². The Morgan fingerprint density at radius 3 is 3.00 bits per heavy atom. The third-order valence-corrected chi connectivity index (χ3v) is 2.67. The standard InChI is InChI=1S/C14H14FN/c1-3-5-9-16-10-12-11(14(16)4-2)7-6-8-13(12)15/h4,6-8H,3,10H2,1-2H3/b14-4-. The zero-order chi connectivity index (χ0) is 11.5. The Kier molecular flexibility index (Phi) is 2.96. The SMILES string of the molecule is C/C=C1/c2cccc(F)c2CN1C#CCC. The van der Waals surface area contributed by atoms with Crippen molar-refractivity contribution in [3.63, 3.8) is 0 Å². The van der Waals surface area contributed by atoms with Crippen LogP contribution in [0.25, 0.3) is 5.70 Å². The summed E-state index contributed by atoms with van der Waals surface area (Å²) in [5, 5.41) is 0. The van der Waals surface area contributed by atoms with Gasteiger partial charge in [0.25, 0.3) is 0 Å². The van der Waals surface area contributed by atoms with Crippen molar-refractivity contribution in [3.8, 4) is 12.0 Å². The number of halogens is 1. The number of fused-ring (bicyclic) bond motifs is 1. The molecule has 0 amide bonds. The molecule has 1 nitrogen and oxygen atoms in total. The van der Waals surface area contributed by atoms with Crippen LogP contribution in [0.4, 0.5) is 4.39 Å². The largest absolute Gasteiger partial charge is 0.297 e. The first-order valence-corrected chi connectivity index (χ1v) is 5.48. The van der Waals surface area contributed by atoms with Gasteiger partial charge in [-0.15, -0.1) is 0 Å². The molecule has 0 saturated carbocycles. The van der Waals surface area contributed by atoms with Crippen LogP contribution in [0.2, 0.25) is 0 Å². The normalized spacial score (nSPS) is 15.9. The van der Waals surface area contributed by atoms with E-state index in [1.165, 1.54) is 6.07 Å². The molecule has 0 atom stereocenters. The second kappa shape index (κ2) is 4.40.